The molecule has 0 N–H and O–H groups in total. The molecule has 0 aliphatic carbocycles. The number of amides is 1. The predicted molar refractivity (Wildman–Crippen MR) is 83.4 cm³/mol. The van der Waals surface area contributed by atoms with Crippen LogP contribution >= 0.6 is 0 Å². The summed E-state index contributed by atoms with van der Waals surface area (Å²) in [6, 6.07) is 12.0. The van der Waals surface area contributed by atoms with Gasteiger partial charge < -0.3 is 4.90 Å². The van der Waals surface area contributed by atoms with E-state index in [-0.39, 0.29) is 5.91 Å². The highest BCUT2D eigenvalue weighted by Gasteiger charge is 2.29. The van der Waals surface area contributed by atoms with Crippen LogP contribution in [0.15, 0.2) is 30.3 Å². The van der Waals surface area contributed by atoms with Crippen molar-refractivity contribution in [2.45, 2.75) is 33.1 Å². The number of hydrogen-bond acceptors (Lipinski definition) is 2. The highest BCUT2D eigenvalue weighted by atomic mass is 16.2. The standard InChI is InChI=1S/C18H24N2O/c1-14(2)16-8-10-20(11-9-16)18(21)17(13-19)12-15-6-4-3-5-7-15/h3-7,14,16-17H,8-12H2,1-2H3. The summed E-state index contributed by atoms with van der Waals surface area (Å²) in [7, 11) is 0. The van der Waals surface area contributed by atoms with Crippen LogP contribution in [-0.4, -0.2) is 23.9 Å². The maximum absolute atomic E-state index is 12.5. The maximum Gasteiger partial charge on any atom is 0.240 e. The lowest BCUT2D eigenvalue weighted by molar-refractivity contribution is -0.135. The van der Waals surface area contributed by atoms with Crippen LogP contribution in [0.5, 0.6) is 0 Å². The highest BCUT2D eigenvalue weighted by Crippen LogP contribution is 2.25. The van der Waals surface area contributed by atoms with Crippen molar-refractivity contribution in [1.82, 2.24) is 4.90 Å². The van der Waals surface area contributed by atoms with Crippen molar-refractivity contribution < 1.29 is 4.79 Å². The van der Waals surface area contributed by atoms with Crippen molar-refractivity contribution in [2.24, 2.45) is 17.8 Å². The molecule has 2 rings (SSSR count). The Labute approximate surface area is 127 Å². The molecule has 1 fully saturated rings. The number of piperidine rings is 1. The summed E-state index contributed by atoms with van der Waals surface area (Å²) in [5.41, 5.74) is 1.05. The number of carbonyl (C=O) groups is 1. The fourth-order valence-corrected chi connectivity index (χ4v) is 3.04. The summed E-state index contributed by atoms with van der Waals surface area (Å²) in [5, 5.41) is 9.33. The fourth-order valence-electron chi connectivity index (χ4n) is 3.04. The van der Waals surface area contributed by atoms with E-state index >= 15 is 0 Å². The van der Waals surface area contributed by atoms with Gasteiger partial charge in [-0.15, -0.1) is 0 Å². The van der Waals surface area contributed by atoms with Crippen LogP contribution < -0.4 is 0 Å². The number of hydrogen-bond donors (Lipinski definition) is 0. The summed E-state index contributed by atoms with van der Waals surface area (Å²) < 4.78 is 0. The number of carbonyl (C=O) groups excluding carboxylic acids is 1. The lowest BCUT2D eigenvalue weighted by Gasteiger charge is -2.34. The minimum atomic E-state index is -0.553. The van der Waals surface area contributed by atoms with E-state index in [2.05, 4.69) is 19.9 Å². The molecular formula is C18H24N2O. The third kappa shape index (κ3) is 4.07. The molecule has 1 aromatic carbocycles. The average Bonchev–Trinajstić information content (AvgIpc) is 2.53. The Hall–Kier alpha value is -1.82. The van der Waals surface area contributed by atoms with Gasteiger partial charge in [0.2, 0.25) is 5.91 Å². The van der Waals surface area contributed by atoms with Gasteiger partial charge in [-0.2, -0.15) is 5.26 Å². The molecule has 0 radical (unpaired) electrons. The second-order valence-electron chi connectivity index (χ2n) is 6.28. The van der Waals surface area contributed by atoms with Crippen LogP contribution in [0.3, 0.4) is 0 Å². The first-order valence-corrected chi connectivity index (χ1v) is 7.84. The van der Waals surface area contributed by atoms with E-state index < -0.39 is 5.92 Å². The van der Waals surface area contributed by atoms with Gasteiger partial charge in [-0.3, -0.25) is 4.79 Å². The molecule has 1 atom stereocenters. The summed E-state index contributed by atoms with van der Waals surface area (Å²) in [6.07, 6.45) is 2.64. The lowest BCUT2D eigenvalue weighted by atomic mass is 9.86. The Balaban J connectivity index is 1.94. The van der Waals surface area contributed by atoms with Crippen LogP contribution in [0.2, 0.25) is 0 Å². The van der Waals surface area contributed by atoms with Gasteiger partial charge >= 0.3 is 0 Å². The Kier molecular flexibility index (Phi) is 5.38. The second-order valence-corrected chi connectivity index (χ2v) is 6.28. The summed E-state index contributed by atoms with van der Waals surface area (Å²) in [6.45, 7) is 6.09. The summed E-state index contributed by atoms with van der Waals surface area (Å²) in [4.78, 5) is 14.4. The zero-order valence-electron chi connectivity index (χ0n) is 13.0. The average molecular weight is 284 g/mol. The molecule has 21 heavy (non-hydrogen) atoms. The third-order valence-corrected chi connectivity index (χ3v) is 4.53. The Morgan fingerprint density at radius 1 is 1.29 bits per heavy atom. The zero-order valence-corrected chi connectivity index (χ0v) is 13.0. The molecule has 0 spiro atoms. The van der Waals surface area contributed by atoms with Gasteiger partial charge in [0.25, 0.3) is 0 Å². The molecule has 3 nitrogen and oxygen atoms in total. The van der Waals surface area contributed by atoms with Gasteiger partial charge in [0, 0.05) is 13.1 Å². The van der Waals surface area contributed by atoms with E-state index in [1.807, 2.05) is 35.2 Å². The molecule has 0 saturated carbocycles. The van der Waals surface area contributed by atoms with E-state index in [0.29, 0.717) is 18.3 Å². The molecule has 3 heteroatoms. The van der Waals surface area contributed by atoms with Crippen LogP contribution in [-0.2, 0) is 11.2 Å². The van der Waals surface area contributed by atoms with Crippen molar-refractivity contribution in [3.05, 3.63) is 35.9 Å². The van der Waals surface area contributed by atoms with Gasteiger partial charge in [0.05, 0.1) is 6.07 Å². The molecule has 1 unspecified atom stereocenters. The van der Waals surface area contributed by atoms with Gasteiger partial charge in [0.15, 0.2) is 0 Å². The van der Waals surface area contributed by atoms with Crippen molar-refractivity contribution >= 4 is 5.91 Å². The Morgan fingerprint density at radius 2 is 1.90 bits per heavy atom. The van der Waals surface area contributed by atoms with E-state index in [4.69, 9.17) is 0 Å². The smallest absolute Gasteiger partial charge is 0.240 e. The number of nitrogens with zero attached hydrogens (tertiary/aromatic N) is 2. The number of likely N-dealkylation sites (tertiary alicyclic amines) is 1. The number of nitriles is 1. The number of benzene rings is 1. The summed E-state index contributed by atoms with van der Waals surface area (Å²) in [5.74, 6) is 0.841. The largest absolute Gasteiger partial charge is 0.342 e. The topological polar surface area (TPSA) is 44.1 Å². The van der Waals surface area contributed by atoms with Gasteiger partial charge in [-0.1, -0.05) is 44.2 Å². The van der Waals surface area contributed by atoms with Crippen molar-refractivity contribution in [1.29, 1.82) is 5.26 Å². The van der Waals surface area contributed by atoms with Gasteiger partial charge in [-0.25, -0.2) is 0 Å². The highest BCUT2D eigenvalue weighted by molar-refractivity contribution is 5.81. The lowest BCUT2D eigenvalue weighted by Crippen LogP contribution is -2.42. The van der Waals surface area contributed by atoms with E-state index in [1.165, 1.54) is 0 Å². The maximum atomic E-state index is 12.5. The van der Waals surface area contributed by atoms with E-state index in [0.717, 1.165) is 31.5 Å². The third-order valence-electron chi connectivity index (χ3n) is 4.53. The Bertz CT molecular complexity index is 496. The normalized spacial score (nSPS) is 17.5. The molecule has 1 heterocycles. The van der Waals surface area contributed by atoms with Crippen molar-refractivity contribution in [3.8, 4) is 6.07 Å². The van der Waals surface area contributed by atoms with E-state index in [1.54, 1.807) is 0 Å². The molecule has 0 bridgehead atoms. The first kappa shape index (κ1) is 15.6. The fraction of sp³-hybridized carbons (Fsp3) is 0.556. The molecular weight excluding hydrogens is 260 g/mol. The molecule has 112 valence electrons. The van der Waals surface area contributed by atoms with Crippen molar-refractivity contribution in [3.63, 3.8) is 0 Å². The second kappa shape index (κ2) is 7.26. The molecule has 0 aromatic heterocycles. The number of rotatable bonds is 4. The van der Waals surface area contributed by atoms with Gasteiger partial charge in [-0.05, 0) is 36.7 Å². The molecule has 1 amide bonds. The molecule has 1 aliphatic heterocycles. The molecule has 1 aromatic rings. The van der Waals surface area contributed by atoms with E-state index in [9.17, 15) is 10.1 Å². The SMILES string of the molecule is CC(C)C1CCN(C(=O)C(C#N)Cc2ccccc2)CC1. The van der Waals surface area contributed by atoms with Crippen LogP contribution in [0.25, 0.3) is 0 Å². The monoisotopic (exact) mass is 284 g/mol. The zero-order chi connectivity index (χ0) is 15.2. The summed E-state index contributed by atoms with van der Waals surface area (Å²) >= 11 is 0. The first-order valence-electron chi connectivity index (χ1n) is 7.84. The quantitative estimate of drug-likeness (QED) is 0.851. The van der Waals surface area contributed by atoms with Crippen LogP contribution in [0.4, 0.5) is 0 Å². The molecule has 1 aliphatic rings. The Morgan fingerprint density at radius 3 is 2.43 bits per heavy atom. The minimum absolute atomic E-state index is 0.00330. The first-order chi connectivity index (χ1) is 10.1. The minimum Gasteiger partial charge on any atom is -0.342 e. The van der Waals surface area contributed by atoms with Crippen LogP contribution in [0.1, 0.15) is 32.3 Å². The molecule has 1 saturated heterocycles. The van der Waals surface area contributed by atoms with Gasteiger partial charge in [0.1, 0.15) is 5.92 Å². The predicted octanol–water partition coefficient (Wildman–Crippen LogP) is 3.26. The van der Waals surface area contributed by atoms with Crippen LogP contribution in [0, 0.1) is 29.1 Å². The van der Waals surface area contributed by atoms with Crippen molar-refractivity contribution in [2.75, 3.05) is 13.1 Å².